The van der Waals surface area contributed by atoms with Gasteiger partial charge in [0.2, 0.25) is 0 Å². The van der Waals surface area contributed by atoms with E-state index in [2.05, 4.69) is 171 Å². The number of benzene rings is 4. The first-order chi connectivity index (χ1) is 24.5. The summed E-state index contributed by atoms with van der Waals surface area (Å²) in [6.45, 7) is 35.5. The Morgan fingerprint density at radius 3 is 1.53 bits per heavy atom. The van der Waals surface area contributed by atoms with E-state index in [1.807, 2.05) is 0 Å². The van der Waals surface area contributed by atoms with Crippen LogP contribution in [0.15, 0.2) is 65.7 Å². The molecule has 0 aliphatic heterocycles. The largest absolute Gasteiger partial charge is 0.0651 e. The molecule has 0 aromatic heterocycles. The Morgan fingerprint density at radius 1 is 0.509 bits per heavy atom. The van der Waals surface area contributed by atoms with Crippen LogP contribution in [-0.2, 0) is 34.5 Å². The van der Waals surface area contributed by atoms with Crippen molar-refractivity contribution < 1.29 is 0 Å². The van der Waals surface area contributed by atoms with Gasteiger partial charge in [0.15, 0.2) is 0 Å². The van der Waals surface area contributed by atoms with Crippen molar-refractivity contribution in [2.24, 2.45) is 0 Å². The molecule has 3 aliphatic carbocycles. The summed E-state index contributed by atoms with van der Waals surface area (Å²) < 4.78 is 0. The fourth-order valence-corrected chi connectivity index (χ4v) is 9.76. The molecule has 2 unspecified atom stereocenters. The maximum atomic E-state index is 2.64. The van der Waals surface area contributed by atoms with Gasteiger partial charge in [-0.05, 0) is 152 Å². The summed E-state index contributed by atoms with van der Waals surface area (Å²) in [5.41, 5.74) is 25.6. The lowest BCUT2D eigenvalue weighted by Crippen LogP contribution is -2.17. The molecule has 0 saturated heterocycles. The maximum absolute atomic E-state index is 2.64. The molecule has 0 radical (unpaired) electrons. The van der Waals surface area contributed by atoms with Crippen LogP contribution in [0.3, 0.4) is 0 Å². The van der Waals surface area contributed by atoms with E-state index in [1.165, 1.54) is 97.2 Å². The average Bonchev–Trinajstić information content (AvgIpc) is 3.72. The van der Waals surface area contributed by atoms with Gasteiger partial charge in [0.05, 0.1) is 0 Å². The standard InChI is InChI=1S/C53H66/c1-31-23-45-44(30-47(53(13,14)15)33(3)48(45)34-19-21-37(22-20-34)50(4,5)6)42(31)29-41-32(2)24-46-43(41)27-35-17-16-18-40(35)49(46)36-25-38(51(7,8)9)28-39(26-36)52(10,11)12/h19-28,30,41-42H,16-18,29H2,1-15H3. The van der Waals surface area contributed by atoms with E-state index in [4.69, 9.17) is 0 Å². The number of fused-ring (bicyclic) bond motifs is 3. The fraction of sp³-hybridized carbons (Fsp3) is 0.472. The van der Waals surface area contributed by atoms with Gasteiger partial charge in [0, 0.05) is 11.8 Å². The highest BCUT2D eigenvalue weighted by Crippen LogP contribution is 2.54. The Hall–Kier alpha value is -3.64. The maximum Gasteiger partial charge on any atom is 0.00639 e. The van der Waals surface area contributed by atoms with Gasteiger partial charge in [-0.3, -0.25) is 0 Å². The monoisotopic (exact) mass is 703 g/mol. The number of aryl methyl sites for hydroxylation is 1. The summed E-state index contributed by atoms with van der Waals surface area (Å²) in [6.07, 6.45) is 9.89. The van der Waals surface area contributed by atoms with E-state index < -0.39 is 0 Å². The molecule has 0 N–H and O–H groups in total. The lowest BCUT2D eigenvalue weighted by Gasteiger charge is -2.29. The van der Waals surface area contributed by atoms with Crippen molar-refractivity contribution in [2.45, 2.75) is 163 Å². The van der Waals surface area contributed by atoms with Crippen LogP contribution < -0.4 is 0 Å². The molecule has 0 nitrogen and oxygen atoms in total. The fourth-order valence-electron chi connectivity index (χ4n) is 9.76. The summed E-state index contributed by atoms with van der Waals surface area (Å²) in [6, 6.07) is 22.3. The Bertz CT molecular complexity index is 2130. The third-order valence-corrected chi connectivity index (χ3v) is 13.0. The molecule has 0 heteroatoms. The molecule has 53 heavy (non-hydrogen) atoms. The van der Waals surface area contributed by atoms with Crippen molar-refractivity contribution >= 4 is 12.2 Å². The van der Waals surface area contributed by atoms with Crippen molar-refractivity contribution in [3.05, 3.63) is 127 Å². The molecule has 0 fully saturated rings. The zero-order chi connectivity index (χ0) is 38.6. The molecule has 4 aromatic rings. The van der Waals surface area contributed by atoms with Crippen LogP contribution >= 0.6 is 0 Å². The normalized spacial score (nSPS) is 18.5. The van der Waals surface area contributed by atoms with Crippen LogP contribution in [-0.4, -0.2) is 0 Å². The summed E-state index contributed by atoms with van der Waals surface area (Å²) in [7, 11) is 0. The third kappa shape index (κ3) is 6.72. The van der Waals surface area contributed by atoms with E-state index in [0.717, 1.165) is 6.42 Å². The third-order valence-electron chi connectivity index (χ3n) is 13.0. The predicted molar refractivity (Wildman–Crippen MR) is 233 cm³/mol. The molecule has 0 spiro atoms. The second kappa shape index (κ2) is 12.7. The first-order valence-corrected chi connectivity index (χ1v) is 20.5. The lowest BCUT2D eigenvalue weighted by atomic mass is 9.75. The van der Waals surface area contributed by atoms with Crippen LogP contribution in [0, 0.1) is 6.92 Å². The van der Waals surface area contributed by atoms with Gasteiger partial charge >= 0.3 is 0 Å². The molecule has 0 saturated carbocycles. The second-order valence-electron chi connectivity index (χ2n) is 21.2. The van der Waals surface area contributed by atoms with Crippen LogP contribution in [0.2, 0.25) is 0 Å². The zero-order valence-electron chi connectivity index (χ0n) is 35.8. The van der Waals surface area contributed by atoms with Gasteiger partial charge in [-0.2, -0.15) is 0 Å². The summed E-state index contributed by atoms with van der Waals surface area (Å²) in [5.74, 6) is 0.808. The quantitative estimate of drug-likeness (QED) is 0.199. The van der Waals surface area contributed by atoms with Crippen LogP contribution in [0.25, 0.3) is 34.4 Å². The predicted octanol–water partition coefficient (Wildman–Crippen LogP) is 15.1. The van der Waals surface area contributed by atoms with E-state index in [-0.39, 0.29) is 21.7 Å². The summed E-state index contributed by atoms with van der Waals surface area (Å²) in [5, 5.41) is 0. The summed E-state index contributed by atoms with van der Waals surface area (Å²) in [4.78, 5) is 0. The minimum Gasteiger partial charge on any atom is -0.0651 e. The van der Waals surface area contributed by atoms with Gasteiger partial charge in [0.1, 0.15) is 0 Å². The van der Waals surface area contributed by atoms with E-state index in [0.29, 0.717) is 11.8 Å². The number of rotatable bonds is 4. The van der Waals surface area contributed by atoms with Crippen molar-refractivity contribution in [3.8, 4) is 22.3 Å². The summed E-state index contributed by atoms with van der Waals surface area (Å²) >= 11 is 0. The van der Waals surface area contributed by atoms with E-state index in [1.54, 1.807) is 16.7 Å². The minimum absolute atomic E-state index is 0.0546. The molecule has 278 valence electrons. The highest BCUT2D eigenvalue weighted by molar-refractivity contribution is 5.88. The topological polar surface area (TPSA) is 0 Å². The molecule has 7 rings (SSSR count). The van der Waals surface area contributed by atoms with Gasteiger partial charge in [-0.1, -0.05) is 161 Å². The molecule has 0 heterocycles. The second-order valence-corrected chi connectivity index (χ2v) is 21.2. The molecule has 3 aliphatic rings. The highest BCUT2D eigenvalue weighted by atomic mass is 14.4. The van der Waals surface area contributed by atoms with Crippen molar-refractivity contribution in [3.63, 3.8) is 0 Å². The Kier molecular flexibility index (Phi) is 9.04. The Morgan fingerprint density at radius 2 is 1.02 bits per heavy atom. The molecule has 4 aromatic carbocycles. The SMILES string of the molecule is CC1=Cc2c(cc(C(C)(C)C)c(C)c2-c2ccc(C(C)(C)C)cc2)C1CC1C(C)=Cc2c1cc1c(c2-c2cc(C(C)(C)C)cc(C(C)(C)C)c2)CCC1. The lowest BCUT2D eigenvalue weighted by molar-refractivity contribution is 0.569. The van der Waals surface area contributed by atoms with E-state index >= 15 is 0 Å². The number of hydrogen-bond donors (Lipinski definition) is 0. The molecule has 0 amide bonds. The smallest absolute Gasteiger partial charge is 0.00639 e. The van der Waals surface area contributed by atoms with Crippen LogP contribution in [0.1, 0.15) is 183 Å². The molecular formula is C53H66. The van der Waals surface area contributed by atoms with Gasteiger partial charge in [0.25, 0.3) is 0 Å². The van der Waals surface area contributed by atoms with Crippen molar-refractivity contribution in [1.82, 2.24) is 0 Å². The average molecular weight is 703 g/mol. The molecular weight excluding hydrogens is 637 g/mol. The number of hydrogen-bond acceptors (Lipinski definition) is 0. The molecule has 0 bridgehead atoms. The highest BCUT2D eigenvalue weighted by Gasteiger charge is 2.36. The Labute approximate surface area is 323 Å². The first kappa shape index (κ1) is 37.7. The van der Waals surface area contributed by atoms with Gasteiger partial charge < -0.3 is 0 Å². The van der Waals surface area contributed by atoms with Crippen molar-refractivity contribution in [2.75, 3.05) is 0 Å². The van der Waals surface area contributed by atoms with E-state index in [9.17, 15) is 0 Å². The van der Waals surface area contributed by atoms with Gasteiger partial charge in [-0.15, -0.1) is 0 Å². The first-order valence-electron chi connectivity index (χ1n) is 20.5. The zero-order valence-corrected chi connectivity index (χ0v) is 35.8. The minimum atomic E-state index is 0.0546. The van der Waals surface area contributed by atoms with Crippen molar-refractivity contribution in [1.29, 1.82) is 0 Å². The molecule has 2 atom stereocenters. The van der Waals surface area contributed by atoms with Crippen LogP contribution in [0.4, 0.5) is 0 Å². The Balaban J connectivity index is 1.36. The van der Waals surface area contributed by atoms with Crippen LogP contribution in [0.5, 0.6) is 0 Å². The van der Waals surface area contributed by atoms with Gasteiger partial charge in [-0.25, -0.2) is 0 Å². The number of allylic oxidation sites excluding steroid dienone is 2.